The third-order valence-corrected chi connectivity index (χ3v) is 8.41. The summed E-state index contributed by atoms with van der Waals surface area (Å²) in [6.07, 6.45) is -10.2. The molecular formula is C42H22F15IrN8-3. The zero-order valence-corrected chi connectivity index (χ0v) is 34.7. The van der Waals surface area contributed by atoms with Crippen LogP contribution in [0.2, 0.25) is 0 Å². The molecule has 8 rings (SSSR count). The summed E-state index contributed by atoms with van der Waals surface area (Å²) in [5.74, 6) is -1.37. The molecule has 0 saturated carbocycles. The molecule has 0 saturated heterocycles. The second-order valence-corrected chi connectivity index (χ2v) is 13.0. The van der Waals surface area contributed by atoms with Gasteiger partial charge >= 0.3 is 30.9 Å². The summed E-state index contributed by atoms with van der Waals surface area (Å²) in [5, 5.41) is 6.25. The van der Waals surface area contributed by atoms with Crippen LogP contribution in [-0.2, 0) is 51.0 Å². The van der Waals surface area contributed by atoms with E-state index in [9.17, 15) is 65.9 Å². The number of aromatic nitrogens is 8. The van der Waals surface area contributed by atoms with E-state index in [1.54, 1.807) is 12.1 Å². The number of hydrogen-bond acceptors (Lipinski definition) is 3. The van der Waals surface area contributed by atoms with Gasteiger partial charge in [0.2, 0.25) is 0 Å². The Hall–Kier alpha value is -6.81. The predicted molar refractivity (Wildman–Crippen MR) is 194 cm³/mol. The van der Waals surface area contributed by atoms with Crippen LogP contribution in [0.5, 0.6) is 0 Å². The van der Waals surface area contributed by atoms with Gasteiger partial charge < -0.3 is 19.2 Å². The first-order chi connectivity index (χ1) is 30.4. The van der Waals surface area contributed by atoms with Crippen LogP contribution in [0.1, 0.15) is 28.1 Å². The molecule has 0 unspecified atom stereocenters. The monoisotopic (exact) mass is 1120 g/mol. The van der Waals surface area contributed by atoms with E-state index < -0.39 is 59.0 Å². The van der Waals surface area contributed by atoms with Crippen LogP contribution in [0.25, 0.3) is 34.3 Å². The van der Waals surface area contributed by atoms with E-state index in [0.29, 0.717) is 0 Å². The fourth-order valence-electron chi connectivity index (χ4n) is 5.35. The Balaban J connectivity index is 0.000000190. The molecule has 66 heavy (non-hydrogen) atoms. The van der Waals surface area contributed by atoms with Gasteiger partial charge in [-0.05, 0) is 53.6 Å². The molecular weight excluding hydrogens is 1090 g/mol. The zero-order chi connectivity index (χ0) is 47.4. The van der Waals surface area contributed by atoms with E-state index in [1.807, 2.05) is 0 Å². The SMILES string of the molecule is FC(F)(F)c1cc[c-]c(-n2[c-][n+](-c3cccc(C(F)(F)F)c3)cc2)c1.FC(F)(F)c1cc[c-]c(-n2[c-][n+](-c3cccc(C(F)(F)F)c3)cc2)c1.FC(F)(F)c1n[n-]c(-c2ccccn2)n1.[Ir]. The van der Waals surface area contributed by atoms with Crippen molar-refractivity contribution in [3.63, 3.8) is 0 Å². The first-order valence-electron chi connectivity index (χ1n) is 17.8. The Morgan fingerprint density at radius 1 is 0.500 bits per heavy atom. The molecule has 1 radical (unpaired) electrons. The maximum Gasteiger partial charge on any atom is 0.429 e. The van der Waals surface area contributed by atoms with Crippen molar-refractivity contribution in [2.24, 2.45) is 0 Å². The number of imidazole rings is 2. The van der Waals surface area contributed by atoms with E-state index in [-0.39, 0.29) is 54.4 Å². The molecule has 0 amide bonds. The number of benzene rings is 4. The molecule has 0 atom stereocenters. The van der Waals surface area contributed by atoms with Crippen molar-refractivity contribution in [3.8, 4) is 34.3 Å². The predicted octanol–water partition coefficient (Wildman–Crippen LogP) is 10.3. The van der Waals surface area contributed by atoms with E-state index >= 15 is 0 Å². The van der Waals surface area contributed by atoms with Crippen molar-refractivity contribution in [1.82, 2.24) is 29.3 Å². The minimum absolute atomic E-state index is 0. The molecule has 8 nitrogen and oxygen atoms in total. The standard InChI is InChI=1S/2C17H9F6N2.C8H4F3N4.Ir/c2*18-16(19,20)12-3-1-5-14(9-12)24-7-8-25(11-24)15-6-2-4-13(10-15)17(21,22)23;9-8(10,11)7-13-6(14-15-7)5-3-1-2-4-12-5;/h2*1-5,7-10H;1-4H;/q3*-1;. The van der Waals surface area contributed by atoms with Gasteiger partial charge in [0.05, 0.1) is 28.2 Å². The third-order valence-electron chi connectivity index (χ3n) is 8.41. The van der Waals surface area contributed by atoms with Gasteiger partial charge in [-0.25, -0.2) is 0 Å². The van der Waals surface area contributed by atoms with Crippen LogP contribution in [0, 0.1) is 24.8 Å². The van der Waals surface area contributed by atoms with Gasteiger partial charge in [0.15, 0.2) is 0 Å². The van der Waals surface area contributed by atoms with Crippen molar-refractivity contribution in [2.75, 3.05) is 0 Å². The number of hydrogen-bond donors (Lipinski definition) is 0. The first kappa shape index (κ1) is 50.2. The number of halogens is 15. The van der Waals surface area contributed by atoms with Gasteiger partial charge in [0, 0.05) is 51.1 Å². The summed E-state index contributed by atoms with van der Waals surface area (Å²) >= 11 is 0. The maximum atomic E-state index is 12.8. The van der Waals surface area contributed by atoms with E-state index in [1.165, 1.54) is 79.6 Å². The number of alkyl halides is 15. The molecule has 4 aromatic carbocycles. The molecule has 0 aliphatic rings. The van der Waals surface area contributed by atoms with Crippen molar-refractivity contribution >= 4 is 0 Å². The summed E-state index contributed by atoms with van der Waals surface area (Å²) in [7, 11) is 0. The third kappa shape index (κ3) is 12.9. The molecule has 0 spiro atoms. The summed E-state index contributed by atoms with van der Waals surface area (Å²) < 4.78 is 195. The van der Waals surface area contributed by atoms with Crippen LogP contribution < -0.4 is 14.2 Å². The van der Waals surface area contributed by atoms with E-state index in [2.05, 4.69) is 45.0 Å². The second kappa shape index (κ2) is 19.7. The van der Waals surface area contributed by atoms with Crippen LogP contribution in [0.4, 0.5) is 65.9 Å². The largest absolute Gasteiger partial charge is 0.429 e. The van der Waals surface area contributed by atoms with Crippen molar-refractivity contribution in [2.45, 2.75) is 30.9 Å². The van der Waals surface area contributed by atoms with E-state index in [0.717, 1.165) is 60.7 Å². The molecule has 0 N–H and O–H groups in total. The second-order valence-electron chi connectivity index (χ2n) is 13.0. The normalized spacial score (nSPS) is 12.0. The number of nitrogens with zero attached hydrogens (tertiary/aromatic N) is 8. The summed E-state index contributed by atoms with van der Waals surface area (Å²) in [6, 6.07) is 24.9. The van der Waals surface area contributed by atoms with Crippen LogP contribution in [0.15, 0.2) is 134 Å². The van der Waals surface area contributed by atoms with Crippen molar-refractivity contribution < 1.29 is 95.1 Å². The molecule has 4 aromatic heterocycles. The van der Waals surface area contributed by atoms with Gasteiger partial charge in [0.1, 0.15) is 5.82 Å². The van der Waals surface area contributed by atoms with Crippen molar-refractivity contribution in [3.05, 3.63) is 187 Å². The van der Waals surface area contributed by atoms with Crippen LogP contribution in [-0.4, -0.2) is 24.2 Å². The molecule has 4 heterocycles. The molecule has 8 aromatic rings. The summed E-state index contributed by atoms with van der Waals surface area (Å²) in [4.78, 5) is 7.05. The van der Waals surface area contributed by atoms with Crippen molar-refractivity contribution in [1.29, 1.82) is 0 Å². The topological polar surface area (TPSA) is 70.4 Å². The molecule has 0 aliphatic heterocycles. The quantitative estimate of drug-likeness (QED) is 0.0978. The number of rotatable bonds is 5. The van der Waals surface area contributed by atoms with Gasteiger partial charge in [0.25, 0.3) is 12.7 Å². The maximum absolute atomic E-state index is 12.8. The first-order valence-corrected chi connectivity index (χ1v) is 17.8. The molecule has 0 aliphatic carbocycles. The Morgan fingerprint density at radius 3 is 1.32 bits per heavy atom. The van der Waals surface area contributed by atoms with Crippen LogP contribution in [0.3, 0.4) is 0 Å². The molecule has 24 heteroatoms. The zero-order valence-electron chi connectivity index (χ0n) is 32.3. The minimum atomic E-state index is -4.57. The minimum Gasteiger partial charge on any atom is -0.413 e. The summed E-state index contributed by atoms with van der Waals surface area (Å²) in [6.45, 7) is 0. The van der Waals surface area contributed by atoms with Crippen LogP contribution >= 0.6 is 0 Å². The Morgan fingerprint density at radius 2 is 0.939 bits per heavy atom. The van der Waals surface area contributed by atoms with E-state index in [4.69, 9.17) is 0 Å². The van der Waals surface area contributed by atoms with Gasteiger partial charge in [-0.15, -0.1) is 12.1 Å². The fraction of sp³-hybridized carbons (Fsp3) is 0.119. The summed E-state index contributed by atoms with van der Waals surface area (Å²) in [5.41, 5.74) is -2.60. The molecule has 0 fully saturated rings. The average molecular weight is 1120 g/mol. The Bertz CT molecular complexity index is 2550. The van der Waals surface area contributed by atoms with Gasteiger partial charge in [-0.1, -0.05) is 41.5 Å². The Labute approximate surface area is 375 Å². The molecule has 347 valence electrons. The van der Waals surface area contributed by atoms with Gasteiger partial charge in [-0.3, -0.25) is 19.2 Å². The van der Waals surface area contributed by atoms with Gasteiger partial charge in [-0.2, -0.15) is 102 Å². The Kier molecular flexibility index (Phi) is 15.0. The molecule has 0 bridgehead atoms. The average Bonchev–Trinajstić information content (AvgIpc) is 4.06. The smallest absolute Gasteiger partial charge is 0.413 e. The number of pyridine rings is 1. The fourth-order valence-corrected chi connectivity index (χ4v) is 5.35.